The van der Waals surface area contributed by atoms with Gasteiger partial charge in [-0.2, -0.15) is 0 Å². The molecule has 2 rings (SSSR count). The van der Waals surface area contributed by atoms with Crippen molar-refractivity contribution in [2.24, 2.45) is 5.14 Å². The average molecular weight is 263 g/mol. The molecule has 0 unspecified atom stereocenters. The standard InChI is InChI=1S/C13H15N2O2S/c1-10-3-4-11(2)15(10)9-12-5-7-13(8-6-12)18(14,16)17/h3,5-8H,9H2,1-2H3,(H2,14,16,17). The molecule has 0 saturated carbocycles. The minimum Gasteiger partial charge on any atom is -0.344 e. The number of primary sulfonamides is 1. The van der Waals surface area contributed by atoms with Gasteiger partial charge in [-0.15, -0.1) is 0 Å². The Labute approximate surface area is 107 Å². The lowest BCUT2D eigenvalue weighted by Gasteiger charge is -2.09. The predicted octanol–water partition coefficient (Wildman–Crippen LogP) is 1.60. The fourth-order valence-corrected chi connectivity index (χ4v) is 2.36. The van der Waals surface area contributed by atoms with Crippen LogP contribution >= 0.6 is 0 Å². The molecule has 0 bridgehead atoms. The summed E-state index contributed by atoms with van der Waals surface area (Å²) in [5, 5.41) is 5.05. The van der Waals surface area contributed by atoms with Crippen molar-refractivity contribution in [2.75, 3.05) is 0 Å². The minimum absolute atomic E-state index is 0.138. The van der Waals surface area contributed by atoms with Crippen LogP contribution in [-0.2, 0) is 16.6 Å². The monoisotopic (exact) mass is 263 g/mol. The first-order valence-corrected chi connectivity index (χ1v) is 7.09. The molecular formula is C13H15N2O2S. The van der Waals surface area contributed by atoms with E-state index in [1.165, 1.54) is 12.1 Å². The molecule has 0 aliphatic carbocycles. The molecule has 0 aliphatic rings. The van der Waals surface area contributed by atoms with E-state index in [2.05, 4.69) is 10.6 Å². The zero-order valence-electron chi connectivity index (χ0n) is 10.3. The Morgan fingerprint density at radius 1 is 1.22 bits per heavy atom. The highest BCUT2D eigenvalue weighted by Gasteiger charge is 2.07. The van der Waals surface area contributed by atoms with Crippen LogP contribution in [0, 0.1) is 19.9 Å². The van der Waals surface area contributed by atoms with Crippen LogP contribution < -0.4 is 5.14 Å². The molecule has 4 nitrogen and oxygen atoms in total. The minimum atomic E-state index is -3.61. The predicted molar refractivity (Wildman–Crippen MR) is 69.7 cm³/mol. The summed E-state index contributed by atoms with van der Waals surface area (Å²) in [6.45, 7) is 4.71. The van der Waals surface area contributed by atoms with Crippen LogP contribution in [-0.4, -0.2) is 13.0 Å². The maximum atomic E-state index is 11.1. The van der Waals surface area contributed by atoms with Gasteiger partial charge in [-0.05, 0) is 37.6 Å². The van der Waals surface area contributed by atoms with Crippen LogP contribution in [0.5, 0.6) is 0 Å². The summed E-state index contributed by atoms with van der Waals surface area (Å²) >= 11 is 0. The molecular weight excluding hydrogens is 248 g/mol. The SMILES string of the molecule is Cc1[c]cc(C)n1Cc1ccc(S(N)(=O)=O)cc1. The van der Waals surface area contributed by atoms with Gasteiger partial charge >= 0.3 is 0 Å². The normalized spacial score (nSPS) is 11.7. The molecule has 0 aliphatic heterocycles. The fraction of sp³-hybridized carbons (Fsp3) is 0.231. The maximum absolute atomic E-state index is 11.1. The van der Waals surface area contributed by atoms with Gasteiger partial charge < -0.3 is 4.57 Å². The quantitative estimate of drug-likeness (QED) is 0.914. The van der Waals surface area contributed by atoms with E-state index < -0.39 is 10.0 Å². The van der Waals surface area contributed by atoms with Crippen LogP contribution in [0.15, 0.2) is 35.2 Å². The number of nitrogens with zero attached hydrogens (tertiary/aromatic N) is 1. The van der Waals surface area contributed by atoms with Gasteiger partial charge in [0.15, 0.2) is 0 Å². The van der Waals surface area contributed by atoms with Crippen LogP contribution in [0.4, 0.5) is 0 Å². The highest BCUT2D eigenvalue weighted by molar-refractivity contribution is 7.89. The summed E-state index contributed by atoms with van der Waals surface area (Å²) in [6, 6.07) is 11.7. The molecule has 1 aromatic heterocycles. The molecule has 0 saturated heterocycles. The second kappa shape index (κ2) is 4.59. The Morgan fingerprint density at radius 2 is 1.83 bits per heavy atom. The second-order valence-electron chi connectivity index (χ2n) is 4.29. The summed E-state index contributed by atoms with van der Waals surface area (Å²) in [5.41, 5.74) is 3.21. The summed E-state index contributed by atoms with van der Waals surface area (Å²) < 4.78 is 24.4. The second-order valence-corrected chi connectivity index (χ2v) is 5.85. The van der Waals surface area contributed by atoms with Gasteiger partial charge in [0, 0.05) is 24.0 Å². The number of aromatic nitrogens is 1. The zero-order valence-corrected chi connectivity index (χ0v) is 11.2. The highest BCUT2D eigenvalue weighted by Crippen LogP contribution is 2.13. The van der Waals surface area contributed by atoms with E-state index in [1.54, 1.807) is 12.1 Å². The number of rotatable bonds is 3. The molecule has 2 N–H and O–H groups in total. The van der Waals surface area contributed by atoms with Crippen molar-refractivity contribution in [3.8, 4) is 0 Å². The molecule has 1 heterocycles. The van der Waals surface area contributed by atoms with Crippen LogP contribution in [0.25, 0.3) is 0 Å². The average Bonchev–Trinajstić information content (AvgIpc) is 2.60. The smallest absolute Gasteiger partial charge is 0.238 e. The number of hydrogen-bond donors (Lipinski definition) is 1. The fourth-order valence-electron chi connectivity index (χ4n) is 1.84. The summed E-state index contributed by atoms with van der Waals surface area (Å²) in [7, 11) is -3.61. The molecule has 1 radical (unpaired) electrons. The van der Waals surface area contributed by atoms with Gasteiger partial charge in [-0.25, -0.2) is 13.6 Å². The van der Waals surface area contributed by atoms with E-state index in [0.717, 1.165) is 17.0 Å². The number of sulfonamides is 1. The molecule has 5 heteroatoms. The first kappa shape index (κ1) is 12.9. The van der Waals surface area contributed by atoms with Crippen LogP contribution in [0.1, 0.15) is 17.0 Å². The van der Waals surface area contributed by atoms with E-state index in [1.807, 2.05) is 19.9 Å². The third-order valence-corrected chi connectivity index (χ3v) is 3.84. The van der Waals surface area contributed by atoms with Gasteiger partial charge in [0.1, 0.15) is 0 Å². The van der Waals surface area contributed by atoms with Crippen molar-refractivity contribution in [3.63, 3.8) is 0 Å². The van der Waals surface area contributed by atoms with E-state index in [4.69, 9.17) is 5.14 Å². The molecule has 95 valence electrons. The van der Waals surface area contributed by atoms with Crippen molar-refractivity contribution in [1.29, 1.82) is 0 Å². The first-order chi connectivity index (χ1) is 8.38. The Morgan fingerprint density at radius 3 is 2.28 bits per heavy atom. The van der Waals surface area contributed by atoms with Gasteiger partial charge in [-0.1, -0.05) is 12.1 Å². The Balaban J connectivity index is 2.27. The number of nitrogens with two attached hydrogens (primary N) is 1. The lowest BCUT2D eigenvalue weighted by Crippen LogP contribution is -2.12. The molecule has 2 aromatic rings. The van der Waals surface area contributed by atoms with E-state index in [0.29, 0.717) is 6.54 Å². The number of benzene rings is 1. The number of aryl methyl sites for hydroxylation is 2. The van der Waals surface area contributed by atoms with Crippen molar-refractivity contribution in [1.82, 2.24) is 4.57 Å². The summed E-state index contributed by atoms with van der Waals surface area (Å²) in [6.07, 6.45) is 0. The summed E-state index contributed by atoms with van der Waals surface area (Å²) in [4.78, 5) is 0.138. The van der Waals surface area contributed by atoms with Gasteiger partial charge in [0.25, 0.3) is 0 Å². The van der Waals surface area contributed by atoms with E-state index >= 15 is 0 Å². The summed E-state index contributed by atoms with van der Waals surface area (Å²) in [5.74, 6) is 0. The van der Waals surface area contributed by atoms with Crippen LogP contribution in [0.2, 0.25) is 0 Å². The Hall–Kier alpha value is -1.59. The zero-order chi connectivity index (χ0) is 13.3. The molecule has 0 spiro atoms. The largest absolute Gasteiger partial charge is 0.344 e. The van der Waals surface area contributed by atoms with Crippen molar-refractivity contribution < 1.29 is 8.42 Å². The Bertz CT molecular complexity index is 635. The van der Waals surface area contributed by atoms with E-state index in [-0.39, 0.29) is 4.90 Å². The van der Waals surface area contributed by atoms with Crippen molar-refractivity contribution in [2.45, 2.75) is 25.3 Å². The van der Waals surface area contributed by atoms with Crippen molar-refractivity contribution in [3.05, 3.63) is 53.3 Å². The highest BCUT2D eigenvalue weighted by atomic mass is 32.2. The van der Waals surface area contributed by atoms with Crippen LogP contribution in [0.3, 0.4) is 0 Å². The Kier molecular flexibility index (Phi) is 3.28. The first-order valence-electron chi connectivity index (χ1n) is 5.54. The van der Waals surface area contributed by atoms with Crippen molar-refractivity contribution >= 4 is 10.0 Å². The topological polar surface area (TPSA) is 65.1 Å². The third-order valence-electron chi connectivity index (χ3n) is 2.91. The molecule has 0 fully saturated rings. The van der Waals surface area contributed by atoms with Gasteiger partial charge in [-0.3, -0.25) is 0 Å². The third kappa shape index (κ3) is 2.63. The van der Waals surface area contributed by atoms with Gasteiger partial charge in [0.2, 0.25) is 10.0 Å². The lowest BCUT2D eigenvalue weighted by molar-refractivity contribution is 0.597. The molecule has 1 aromatic carbocycles. The van der Waals surface area contributed by atoms with E-state index in [9.17, 15) is 8.42 Å². The molecule has 18 heavy (non-hydrogen) atoms. The number of hydrogen-bond acceptors (Lipinski definition) is 2. The lowest BCUT2D eigenvalue weighted by atomic mass is 10.2. The van der Waals surface area contributed by atoms with Gasteiger partial charge in [0.05, 0.1) is 4.90 Å². The molecule has 0 amide bonds. The molecule has 0 atom stereocenters. The maximum Gasteiger partial charge on any atom is 0.238 e.